The minimum Gasteiger partial charge on any atom is -0.380 e. The molecule has 0 fully saturated rings. The second-order valence-corrected chi connectivity index (χ2v) is 4.48. The lowest BCUT2D eigenvalue weighted by atomic mass is 10.4. The summed E-state index contributed by atoms with van der Waals surface area (Å²) in [5, 5.41) is 7.72. The molecule has 2 heterocycles. The van der Waals surface area contributed by atoms with E-state index >= 15 is 0 Å². The van der Waals surface area contributed by atoms with Crippen LogP contribution in [0, 0.1) is 0 Å². The van der Waals surface area contributed by atoms with Gasteiger partial charge in [0.15, 0.2) is 0 Å². The fraction of sp³-hybridized carbons (Fsp3) is 0.0769. The molecule has 5 heteroatoms. The average Bonchev–Trinajstić information content (AvgIpc) is 2.92. The van der Waals surface area contributed by atoms with E-state index < -0.39 is 0 Å². The number of rotatable bonds is 5. The smallest absolute Gasteiger partial charge is 0.266 e. The van der Waals surface area contributed by atoms with Crippen LogP contribution in [0.2, 0.25) is 0 Å². The Bertz CT molecular complexity index is 520. The van der Waals surface area contributed by atoms with Crippen molar-refractivity contribution in [3.8, 4) is 0 Å². The van der Waals surface area contributed by atoms with Crippen molar-refractivity contribution in [3.05, 3.63) is 53.4 Å². The molecule has 4 nitrogen and oxygen atoms in total. The van der Waals surface area contributed by atoms with Crippen LogP contribution in [-0.2, 0) is 0 Å². The summed E-state index contributed by atoms with van der Waals surface area (Å²) in [5.41, 5.74) is 0.893. The number of carbonyl (C=O) groups is 1. The highest BCUT2D eigenvalue weighted by Gasteiger charge is 2.06. The monoisotopic (exact) mass is 259 g/mol. The molecule has 0 unspecified atom stereocenters. The number of nitrogens with zero attached hydrogens (tertiary/aromatic N) is 1. The number of carbonyl (C=O) groups excluding carboxylic acids is 1. The molecule has 92 valence electrons. The van der Waals surface area contributed by atoms with E-state index in [1.807, 2.05) is 17.5 Å². The molecule has 2 aromatic heterocycles. The predicted octanol–water partition coefficient (Wildman–Crippen LogP) is 2.99. The van der Waals surface area contributed by atoms with Gasteiger partial charge in [-0.05, 0) is 23.6 Å². The first-order valence-corrected chi connectivity index (χ1v) is 6.33. The van der Waals surface area contributed by atoms with Gasteiger partial charge in [-0.15, -0.1) is 17.9 Å². The van der Waals surface area contributed by atoms with Crippen LogP contribution < -0.4 is 10.6 Å². The molecule has 2 N–H and O–H groups in total. The Morgan fingerprint density at radius 1 is 1.44 bits per heavy atom. The van der Waals surface area contributed by atoms with Crippen LogP contribution in [0.3, 0.4) is 0 Å². The first kappa shape index (κ1) is 12.3. The predicted molar refractivity (Wildman–Crippen MR) is 75.2 cm³/mol. The van der Waals surface area contributed by atoms with E-state index in [0.717, 1.165) is 5.69 Å². The first-order chi connectivity index (χ1) is 8.79. The van der Waals surface area contributed by atoms with Crippen LogP contribution in [0.5, 0.6) is 0 Å². The maximum Gasteiger partial charge on any atom is 0.266 e. The quantitative estimate of drug-likeness (QED) is 0.812. The first-order valence-electron chi connectivity index (χ1n) is 5.45. The zero-order chi connectivity index (χ0) is 12.8. The van der Waals surface area contributed by atoms with Crippen LogP contribution >= 0.6 is 11.3 Å². The Labute approximate surface area is 109 Å². The fourth-order valence-electron chi connectivity index (χ4n) is 1.35. The summed E-state index contributed by atoms with van der Waals surface area (Å²) in [6.07, 6.45) is 3.44. The topological polar surface area (TPSA) is 54.0 Å². The molecule has 0 aliphatic carbocycles. The van der Waals surface area contributed by atoms with Gasteiger partial charge in [-0.25, -0.2) is 4.98 Å². The molecule has 0 spiro atoms. The number of anilines is 2. The van der Waals surface area contributed by atoms with Gasteiger partial charge < -0.3 is 10.6 Å². The van der Waals surface area contributed by atoms with Gasteiger partial charge in [-0.2, -0.15) is 0 Å². The summed E-state index contributed by atoms with van der Waals surface area (Å²) in [5.74, 6) is 0.404. The molecular weight excluding hydrogens is 246 g/mol. The normalized spacial score (nSPS) is 9.78. The summed E-state index contributed by atoms with van der Waals surface area (Å²) in [4.78, 5) is 16.6. The lowest BCUT2D eigenvalue weighted by Crippen LogP contribution is -2.11. The number of amides is 1. The molecule has 0 saturated heterocycles. The molecule has 0 aliphatic heterocycles. The molecule has 0 bridgehead atoms. The zero-order valence-electron chi connectivity index (χ0n) is 9.72. The Kier molecular flexibility index (Phi) is 4.09. The minimum absolute atomic E-state index is 0.135. The summed E-state index contributed by atoms with van der Waals surface area (Å²) in [7, 11) is 0. The Morgan fingerprint density at radius 2 is 2.33 bits per heavy atom. The van der Waals surface area contributed by atoms with Crippen molar-refractivity contribution in [3.63, 3.8) is 0 Å². The van der Waals surface area contributed by atoms with E-state index in [1.54, 1.807) is 24.4 Å². The van der Waals surface area contributed by atoms with Gasteiger partial charge in [0.2, 0.25) is 0 Å². The van der Waals surface area contributed by atoms with E-state index in [0.29, 0.717) is 17.2 Å². The van der Waals surface area contributed by atoms with Crippen molar-refractivity contribution in [2.45, 2.75) is 0 Å². The lowest BCUT2D eigenvalue weighted by molar-refractivity contribution is 0.103. The van der Waals surface area contributed by atoms with Crippen molar-refractivity contribution < 1.29 is 4.79 Å². The molecule has 18 heavy (non-hydrogen) atoms. The Balaban J connectivity index is 1.98. The largest absolute Gasteiger partial charge is 0.380 e. The number of thiophene rings is 1. The summed E-state index contributed by atoms with van der Waals surface area (Å²) >= 11 is 1.40. The SMILES string of the molecule is C=CCNc1ccc(NC(=O)c2cccs2)nc1. The average molecular weight is 259 g/mol. The Hall–Kier alpha value is -2.14. The molecule has 0 aliphatic rings. The van der Waals surface area contributed by atoms with Gasteiger partial charge >= 0.3 is 0 Å². The van der Waals surface area contributed by atoms with E-state index in [9.17, 15) is 4.79 Å². The van der Waals surface area contributed by atoms with Gasteiger partial charge in [-0.3, -0.25) is 4.79 Å². The third kappa shape index (κ3) is 3.18. The van der Waals surface area contributed by atoms with E-state index in [-0.39, 0.29) is 5.91 Å². The minimum atomic E-state index is -0.135. The molecule has 2 aromatic rings. The van der Waals surface area contributed by atoms with E-state index in [4.69, 9.17) is 0 Å². The molecule has 2 rings (SSSR count). The van der Waals surface area contributed by atoms with Gasteiger partial charge in [0.25, 0.3) is 5.91 Å². The van der Waals surface area contributed by atoms with Crippen molar-refractivity contribution in [2.24, 2.45) is 0 Å². The fourth-order valence-corrected chi connectivity index (χ4v) is 1.97. The lowest BCUT2D eigenvalue weighted by Gasteiger charge is -2.05. The van der Waals surface area contributed by atoms with Gasteiger partial charge in [0, 0.05) is 6.54 Å². The van der Waals surface area contributed by atoms with Gasteiger partial charge in [0.05, 0.1) is 16.8 Å². The summed E-state index contributed by atoms with van der Waals surface area (Å²) < 4.78 is 0. The Morgan fingerprint density at radius 3 is 2.94 bits per heavy atom. The van der Waals surface area contributed by atoms with E-state index in [2.05, 4.69) is 22.2 Å². The van der Waals surface area contributed by atoms with Crippen molar-refractivity contribution in [1.82, 2.24) is 4.98 Å². The van der Waals surface area contributed by atoms with E-state index in [1.165, 1.54) is 11.3 Å². The maximum absolute atomic E-state index is 11.8. The zero-order valence-corrected chi connectivity index (χ0v) is 10.5. The third-order valence-electron chi connectivity index (χ3n) is 2.20. The number of aromatic nitrogens is 1. The molecule has 1 amide bonds. The summed E-state index contributed by atoms with van der Waals surface area (Å²) in [6.45, 7) is 4.31. The van der Waals surface area contributed by atoms with Crippen LogP contribution in [-0.4, -0.2) is 17.4 Å². The van der Waals surface area contributed by atoms with Crippen molar-refractivity contribution in [2.75, 3.05) is 17.2 Å². The second kappa shape index (κ2) is 5.97. The molecule has 0 atom stereocenters. The number of hydrogen-bond donors (Lipinski definition) is 2. The van der Waals surface area contributed by atoms with Crippen molar-refractivity contribution in [1.29, 1.82) is 0 Å². The number of hydrogen-bond acceptors (Lipinski definition) is 4. The molecular formula is C13H13N3OS. The van der Waals surface area contributed by atoms with Crippen LogP contribution in [0.1, 0.15) is 9.67 Å². The van der Waals surface area contributed by atoms with Crippen LogP contribution in [0.25, 0.3) is 0 Å². The highest BCUT2D eigenvalue weighted by molar-refractivity contribution is 7.12. The van der Waals surface area contributed by atoms with Crippen LogP contribution in [0.15, 0.2) is 48.5 Å². The third-order valence-corrected chi connectivity index (χ3v) is 3.07. The highest BCUT2D eigenvalue weighted by atomic mass is 32.1. The highest BCUT2D eigenvalue weighted by Crippen LogP contribution is 2.13. The molecule has 0 aromatic carbocycles. The van der Waals surface area contributed by atoms with Crippen LogP contribution in [0.4, 0.5) is 11.5 Å². The molecule has 0 radical (unpaired) electrons. The number of pyridine rings is 1. The summed E-state index contributed by atoms with van der Waals surface area (Å²) in [6, 6.07) is 7.24. The van der Waals surface area contributed by atoms with Gasteiger partial charge in [-0.1, -0.05) is 12.1 Å². The molecule has 0 saturated carbocycles. The standard InChI is InChI=1S/C13H13N3OS/c1-2-7-14-10-5-6-12(15-9-10)16-13(17)11-4-3-8-18-11/h2-6,8-9,14H,1,7H2,(H,15,16,17). The van der Waals surface area contributed by atoms with Gasteiger partial charge in [0.1, 0.15) is 5.82 Å². The maximum atomic E-state index is 11.8. The second-order valence-electron chi connectivity index (χ2n) is 3.53. The van der Waals surface area contributed by atoms with Crippen molar-refractivity contribution >= 4 is 28.7 Å². The number of nitrogens with one attached hydrogen (secondary N) is 2.